The zero-order valence-corrected chi connectivity index (χ0v) is 15.5. The Morgan fingerprint density at radius 3 is 2.25 bits per heavy atom. The van der Waals surface area contributed by atoms with Gasteiger partial charge in [0.05, 0.1) is 12.2 Å². The first-order valence-corrected chi connectivity index (χ1v) is 8.98. The molecule has 0 radical (unpaired) electrons. The average molecular weight is 340 g/mol. The smallest absolute Gasteiger partial charge is 0.319 e. The maximum absolute atomic E-state index is 12.3. The van der Waals surface area contributed by atoms with Crippen LogP contribution in [0.15, 0.2) is 0 Å². The highest BCUT2D eigenvalue weighted by atomic mass is 16.5. The molecular weight excluding hydrogens is 308 g/mol. The van der Waals surface area contributed by atoms with E-state index in [1.807, 2.05) is 4.90 Å². The highest BCUT2D eigenvalue weighted by molar-refractivity contribution is 5.79. The third-order valence-electron chi connectivity index (χ3n) is 4.74. The van der Waals surface area contributed by atoms with Crippen molar-refractivity contribution in [3.8, 4) is 0 Å². The number of carbonyl (C=O) groups excluding carboxylic acids is 2. The van der Waals surface area contributed by atoms with Crippen molar-refractivity contribution >= 4 is 11.9 Å². The SMILES string of the molecule is C[C@@H]1CN(CCNC(=O)C2CCN(C(=O)N(C)C)CC2)C[C@H](C)O1. The van der Waals surface area contributed by atoms with Crippen molar-refractivity contribution in [1.29, 1.82) is 0 Å². The highest BCUT2D eigenvalue weighted by Crippen LogP contribution is 2.18. The molecule has 0 unspecified atom stereocenters. The van der Waals surface area contributed by atoms with Crippen molar-refractivity contribution in [3.63, 3.8) is 0 Å². The third kappa shape index (κ3) is 5.34. The molecule has 24 heavy (non-hydrogen) atoms. The molecule has 0 aliphatic carbocycles. The van der Waals surface area contributed by atoms with Crippen LogP contribution in [0.25, 0.3) is 0 Å². The second-order valence-corrected chi connectivity index (χ2v) is 7.25. The van der Waals surface area contributed by atoms with Gasteiger partial charge in [0.15, 0.2) is 0 Å². The highest BCUT2D eigenvalue weighted by Gasteiger charge is 2.28. The van der Waals surface area contributed by atoms with Gasteiger partial charge in [0.2, 0.25) is 5.91 Å². The van der Waals surface area contributed by atoms with E-state index >= 15 is 0 Å². The molecule has 3 amide bonds. The van der Waals surface area contributed by atoms with Crippen molar-refractivity contribution < 1.29 is 14.3 Å². The fourth-order valence-electron chi connectivity index (χ4n) is 3.56. The summed E-state index contributed by atoms with van der Waals surface area (Å²) in [7, 11) is 3.52. The first-order chi connectivity index (χ1) is 11.4. The van der Waals surface area contributed by atoms with Crippen LogP contribution in [-0.4, -0.2) is 92.2 Å². The number of carbonyl (C=O) groups is 2. The number of hydrogen-bond acceptors (Lipinski definition) is 4. The molecule has 7 heteroatoms. The molecule has 2 aliphatic heterocycles. The second-order valence-electron chi connectivity index (χ2n) is 7.25. The minimum absolute atomic E-state index is 0.0266. The summed E-state index contributed by atoms with van der Waals surface area (Å²) in [5, 5.41) is 3.06. The number of hydrogen-bond donors (Lipinski definition) is 1. The van der Waals surface area contributed by atoms with Crippen molar-refractivity contribution in [1.82, 2.24) is 20.0 Å². The number of piperidine rings is 1. The normalized spacial score (nSPS) is 26.2. The van der Waals surface area contributed by atoms with Gasteiger partial charge in [-0.3, -0.25) is 9.69 Å². The molecule has 2 heterocycles. The first kappa shape index (κ1) is 19.0. The van der Waals surface area contributed by atoms with Crippen LogP contribution in [0.1, 0.15) is 26.7 Å². The Bertz CT molecular complexity index is 426. The maximum atomic E-state index is 12.3. The lowest BCUT2D eigenvalue weighted by Gasteiger charge is -2.35. The molecule has 0 spiro atoms. The minimum Gasteiger partial charge on any atom is -0.373 e. The predicted molar refractivity (Wildman–Crippen MR) is 92.8 cm³/mol. The number of urea groups is 1. The monoisotopic (exact) mass is 340 g/mol. The Morgan fingerprint density at radius 2 is 1.71 bits per heavy atom. The quantitative estimate of drug-likeness (QED) is 0.814. The van der Waals surface area contributed by atoms with Crippen LogP contribution in [0.2, 0.25) is 0 Å². The number of morpholine rings is 1. The lowest BCUT2D eigenvalue weighted by molar-refractivity contribution is -0.126. The van der Waals surface area contributed by atoms with Crippen LogP contribution in [0.3, 0.4) is 0 Å². The number of nitrogens with one attached hydrogen (secondary N) is 1. The number of rotatable bonds is 4. The van der Waals surface area contributed by atoms with E-state index in [1.165, 1.54) is 0 Å². The van der Waals surface area contributed by atoms with Crippen molar-refractivity contribution in [2.24, 2.45) is 5.92 Å². The third-order valence-corrected chi connectivity index (χ3v) is 4.74. The van der Waals surface area contributed by atoms with E-state index in [9.17, 15) is 9.59 Å². The standard InChI is InChI=1S/C17H32N4O3/c1-13-11-20(12-14(2)24-13)10-7-18-16(22)15-5-8-21(9-6-15)17(23)19(3)4/h13-15H,5-12H2,1-4H3,(H,18,22)/t13-,14+. The largest absolute Gasteiger partial charge is 0.373 e. The summed E-state index contributed by atoms with van der Waals surface area (Å²) in [6.45, 7) is 8.88. The van der Waals surface area contributed by atoms with Gasteiger partial charge in [-0.25, -0.2) is 4.79 Å². The molecule has 2 saturated heterocycles. The Hall–Kier alpha value is -1.34. The second kappa shape index (κ2) is 8.67. The van der Waals surface area contributed by atoms with E-state index in [1.54, 1.807) is 19.0 Å². The lowest BCUT2D eigenvalue weighted by Crippen LogP contribution is -2.49. The van der Waals surface area contributed by atoms with Crippen LogP contribution in [0.4, 0.5) is 4.79 Å². The molecule has 0 saturated carbocycles. The topological polar surface area (TPSA) is 65.1 Å². The molecule has 0 bridgehead atoms. The molecule has 138 valence electrons. The Balaban J connectivity index is 1.66. The van der Waals surface area contributed by atoms with Gasteiger partial charge in [0.25, 0.3) is 0 Å². The van der Waals surface area contributed by atoms with E-state index in [0.29, 0.717) is 19.6 Å². The number of ether oxygens (including phenoxy) is 1. The van der Waals surface area contributed by atoms with Gasteiger partial charge in [-0.2, -0.15) is 0 Å². The van der Waals surface area contributed by atoms with E-state index in [0.717, 1.165) is 32.5 Å². The van der Waals surface area contributed by atoms with Crippen LogP contribution < -0.4 is 5.32 Å². The van der Waals surface area contributed by atoms with Gasteiger partial charge in [-0.1, -0.05) is 0 Å². The molecule has 2 rings (SSSR count). The van der Waals surface area contributed by atoms with Gasteiger partial charge in [0, 0.05) is 59.3 Å². The van der Waals surface area contributed by atoms with Crippen LogP contribution in [0, 0.1) is 5.92 Å². The Labute approximate surface area is 145 Å². The van der Waals surface area contributed by atoms with Crippen LogP contribution in [-0.2, 0) is 9.53 Å². The van der Waals surface area contributed by atoms with Gasteiger partial charge >= 0.3 is 6.03 Å². The van der Waals surface area contributed by atoms with Crippen LogP contribution in [0.5, 0.6) is 0 Å². The van der Waals surface area contributed by atoms with Gasteiger partial charge in [0.1, 0.15) is 0 Å². The molecule has 0 aromatic rings. The summed E-state index contributed by atoms with van der Waals surface area (Å²) in [6, 6.07) is 0.0319. The summed E-state index contributed by atoms with van der Waals surface area (Å²) in [5.41, 5.74) is 0. The molecule has 2 atom stereocenters. The minimum atomic E-state index is 0.0266. The number of nitrogens with zero attached hydrogens (tertiary/aromatic N) is 3. The van der Waals surface area contributed by atoms with Crippen molar-refractivity contribution in [3.05, 3.63) is 0 Å². The number of likely N-dealkylation sites (tertiary alicyclic amines) is 1. The molecule has 2 fully saturated rings. The Morgan fingerprint density at radius 1 is 1.12 bits per heavy atom. The zero-order chi connectivity index (χ0) is 17.7. The summed E-state index contributed by atoms with van der Waals surface area (Å²) in [4.78, 5) is 30.0. The van der Waals surface area contributed by atoms with Gasteiger partial charge < -0.3 is 19.9 Å². The zero-order valence-electron chi connectivity index (χ0n) is 15.5. The van der Waals surface area contributed by atoms with Crippen LogP contribution >= 0.6 is 0 Å². The fraction of sp³-hybridized carbons (Fsp3) is 0.882. The van der Waals surface area contributed by atoms with E-state index in [-0.39, 0.29) is 30.1 Å². The fourth-order valence-corrected chi connectivity index (χ4v) is 3.56. The molecule has 0 aromatic heterocycles. The first-order valence-electron chi connectivity index (χ1n) is 8.98. The summed E-state index contributed by atoms with van der Waals surface area (Å²) in [5.74, 6) is 0.153. The summed E-state index contributed by atoms with van der Waals surface area (Å²) < 4.78 is 5.72. The summed E-state index contributed by atoms with van der Waals surface area (Å²) in [6.07, 6.45) is 2.00. The van der Waals surface area contributed by atoms with E-state index in [4.69, 9.17) is 4.74 Å². The molecular formula is C17H32N4O3. The van der Waals surface area contributed by atoms with Gasteiger partial charge in [-0.15, -0.1) is 0 Å². The van der Waals surface area contributed by atoms with Crippen molar-refractivity contribution in [2.45, 2.75) is 38.9 Å². The molecule has 2 aliphatic rings. The maximum Gasteiger partial charge on any atom is 0.319 e. The predicted octanol–water partition coefficient (Wildman–Crippen LogP) is 0.605. The van der Waals surface area contributed by atoms with E-state index in [2.05, 4.69) is 24.1 Å². The average Bonchev–Trinajstić information content (AvgIpc) is 2.53. The van der Waals surface area contributed by atoms with Crippen molar-refractivity contribution in [2.75, 3.05) is 53.4 Å². The Kier molecular flexibility index (Phi) is 6.86. The summed E-state index contributed by atoms with van der Waals surface area (Å²) >= 11 is 0. The van der Waals surface area contributed by atoms with Gasteiger partial charge in [-0.05, 0) is 26.7 Å². The molecule has 1 N–H and O–H groups in total. The number of amides is 3. The molecule has 0 aromatic carbocycles. The molecule has 7 nitrogen and oxygen atoms in total. The lowest BCUT2D eigenvalue weighted by atomic mass is 9.96. The van der Waals surface area contributed by atoms with E-state index < -0.39 is 0 Å².